The Morgan fingerprint density at radius 1 is 1.11 bits per heavy atom. The number of hydrogen-bond acceptors (Lipinski definition) is 3. The number of halogens is 2. The number of carbonyl (C=O) groups is 1. The maximum Gasteiger partial charge on any atom is 0.275 e. The number of fused-ring (bicyclic) bond motifs is 1. The van der Waals surface area contributed by atoms with Crippen molar-refractivity contribution in [2.75, 3.05) is 6.54 Å². The van der Waals surface area contributed by atoms with Crippen molar-refractivity contribution in [2.24, 2.45) is 0 Å². The van der Waals surface area contributed by atoms with Crippen molar-refractivity contribution in [3.8, 4) is 5.69 Å². The minimum Gasteiger partial charge on any atom is -0.331 e. The quantitative estimate of drug-likeness (QED) is 0.674. The first-order valence-electron chi connectivity index (χ1n) is 8.42. The summed E-state index contributed by atoms with van der Waals surface area (Å²) in [7, 11) is 0. The van der Waals surface area contributed by atoms with Gasteiger partial charge in [0, 0.05) is 25.8 Å². The average molecular weight is 403 g/mol. The molecule has 1 aliphatic heterocycles. The van der Waals surface area contributed by atoms with Gasteiger partial charge in [-0.15, -0.1) is 0 Å². The molecule has 0 saturated heterocycles. The molecule has 3 heterocycles. The van der Waals surface area contributed by atoms with Gasteiger partial charge >= 0.3 is 0 Å². The van der Waals surface area contributed by atoms with Crippen molar-refractivity contribution in [1.82, 2.24) is 19.0 Å². The zero-order valence-corrected chi connectivity index (χ0v) is 16.0. The Bertz CT molecular complexity index is 1100. The lowest BCUT2D eigenvalue weighted by atomic mass is 10.1. The molecule has 0 atom stereocenters. The SMILES string of the molecule is Cc1cn(-c2ccc3n(c2=O)CCN(Cc2cccc(Cl)c2Cl)C3=O)cn1. The number of benzene rings is 1. The van der Waals surface area contributed by atoms with E-state index in [0.29, 0.717) is 41.1 Å². The van der Waals surface area contributed by atoms with E-state index in [1.807, 2.05) is 13.0 Å². The van der Waals surface area contributed by atoms with Crippen molar-refractivity contribution in [1.29, 1.82) is 0 Å². The Balaban J connectivity index is 1.66. The van der Waals surface area contributed by atoms with Gasteiger partial charge in [-0.2, -0.15) is 0 Å². The topological polar surface area (TPSA) is 60.1 Å². The molecule has 1 aromatic carbocycles. The highest BCUT2D eigenvalue weighted by Gasteiger charge is 2.26. The fraction of sp³-hybridized carbons (Fsp3) is 0.211. The molecule has 0 aliphatic carbocycles. The van der Waals surface area contributed by atoms with Gasteiger partial charge in [0.1, 0.15) is 11.4 Å². The molecule has 2 aromatic heterocycles. The lowest BCUT2D eigenvalue weighted by Crippen LogP contribution is -2.44. The number of rotatable bonds is 3. The molecule has 3 aromatic rings. The standard InChI is InChI=1S/C19H16Cl2N4O2/c1-12-9-24(11-22-12)15-5-6-16-18(26)23(7-8-25(16)19(15)27)10-13-3-2-4-14(20)17(13)21/h2-6,9,11H,7-8,10H2,1H3. The fourth-order valence-corrected chi connectivity index (χ4v) is 3.62. The van der Waals surface area contributed by atoms with Crippen molar-refractivity contribution >= 4 is 29.1 Å². The molecular formula is C19H16Cl2N4O2. The summed E-state index contributed by atoms with van der Waals surface area (Å²) in [5, 5.41) is 0.899. The van der Waals surface area contributed by atoms with Crippen molar-refractivity contribution < 1.29 is 4.79 Å². The summed E-state index contributed by atoms with van der Waals surface area (Å²) in [6.07, 6.45) is 3.37. The summed E-state index contributed by atoms with van der Waals surface area (Å²) in [6, 6.07) is 8.69. The number of imidazole rings is 1. The van der Waals surface area contributed by atoms with Gasteiger partial charge in [-0.25, -0.2) is 4.98 Å². The van der Waals surface area contributed by atoms with Crippen molar-refractivity contribution in [3.05, 3.63) is 80.2 Å². The van der Waals surface area contributed by atoms with E-state index in [1.54, 1.807) is 46.3 Å². The summed E-state index contributed by atoms with van der Waals surface area (Å²) in [6.45, 7) is 3.03. The van der Waals surface area contributed by atoms with E-state index in [4.69, 9.17) is 23.2 Å². The van der Waals surface area contributed by atoms with E-state index in [-0.39, 0.29) is 11.5 Å². The number of amides is 1. The van der Waals surface area contributed by atoms with E-state index in [2.05, 4.69) is 4.98 Å². The van der Waals surface area contributed by atoms with Crippen LogP contribution < -0.4 is 5.56 Å². The summed E-state index contributed by atoms with van der Waals surface area (Å²) >= 11 is 12.3. The average Bonchev–Trinajstić information content (AvgIpc) is 3.08. The highest BCUT2D eigenvalue weighted by molar-refractivity contribution is 6.42. The summed E-state index contributed by atoms with van der Waals surface area (Å²) < 4.78 is 3.19. The minimum absolute atomic E-state index is 0.206. The first-order chi connectivity index (χ1) is 13.0. The van der Waals surface area contributed by atoms with Gasteiger partial charge in [0.15, 0.2) is 0 Å². The zero-order valence-electron chi connectivity index (χ0n) is 14.5. The van der Waals surface area contributed by atoms with Crippen LogP contribution in [0.3, 0.4) is 0 Å². The lowest BCUT2D eigenvalue weighted by Gasteiger charge is -2.30. The number of nitrogens with zero attached hydrogens (tertiary/aromatic N) is 4. The van der Waals surface area contributed by atoms with Crippen molar-refractivity contribution in [3.63, 3.8) is 0 Å². The van der Waals surface area contributed by atoms with E-state index in [9.17, 15) is 9.59 Å². The number of carbonyl (C=O) groups excluding carboxylic acids is 1. The highest BCUT2D eigenvalue weighted by Crippen LogP contribution is 2.27. The Kier molecular flexibility index (Phi) is 4.53. The van der Waals surface area contributed by atoms with E-state index in [1.165, 1.54) is 4.57 Å². The van der Waals surface area contributed by atoms with Crippen LogP contribution in [0.1, 0.15) is 21.7 Å². The Labute approximate surface area is 165 Å². The second kappa shape index (κ2) is 6.87. The Morgan fingerprint density at radius 2 is 1.93 bits per heavy atom. The molecule has 1 amide bonds. The van der Waals surface area contributed by atoms with Gasteiger partial charge < -0.3 is 14.0 Å². The predicted octanol–water partition coefficient (Wildman–Crippen LogP) is 3.31. The Hall–Kier alpha value is -2.57. The molecule has 0 radical (unpaired) electrons. The molecule has 1 aliphatic rings. The first-order valence-corrected chi connectivity index (χ1v) is 9.18. The molecule has 0 bridgehead atoms. The largest absolute Gasteiger partial charge is 0.331 e. The highest BCUT2D eigenvalue weighted by atomic mass is 35.5. The van der Waals surface area contributed by atoms with Gasteiger partial charge in [0.05, 0.1) is 22.1 Å². The molecule has 0 saturated carbocycles. The molecule has 4 rings (SSSR count). The fourth-order valence-electron chi connectivity index (χ4n) is 3.24. The lowest BCUT2D eigenvalue weighted by molar-refractivity contribution is 0.0686. The van der Waals surface area contributed by atoms with Crippen LogP contribution in [0.5, 0.6) is 0 Å². The van der Waals surface area contributed by atoms with Gasteiger partial charge in [0.2, 0.25) is 0 Å². The van der Waals surface area contributed by atoms with Gasteiger partial charge in [-0.3, -0.25) is 9.59 Å². The molecule has 0 N–H and O–H groups in total. The van der Waals surface area contributed by atoms with Crippen LogP contribution in [0.4, 0.5) is 0 Å². The van der Waals surface area contributed by atoms with Crippen LogP contribution in [0.2, 0.25) is 10.0 Å². The molecular weight excluding hydrogens is 387 g/mol. The van der Waals surface area contributed by atoms with Gasteiger partial charge in [-0.05, 0) is 30.7 Å². The molecule has 8 heteroatoms. The van der Waals surface area contributed by atoms with E-state index >= 15 is 0 Å². The number of hydrogen-bond donors (Lipinski definition) is 0. The van der Waals surface area contributed by atoms with Crippen LogP contribution in [-0.2, 0) is 13.1 Å². The normalized spacial score (nSPS) is 13.7. The van der Waals surface area contributed by atoms with Crippen molar-refractivity contribution in [2.45, 2.75) is 20.0 Å². The molecule has 0 fully saturated rings. The number of aryl methyl sites for hydroxylation is 1. The van der Waals surface area contributed by atoms with Gasteiger partial charge in [0.25, 0.3) is 11.5 Å². The maximum absolute atomic E-state index is 12.9. The first kappa shape index (κ1) is 17.8. The maximum atomic E-state index is 12.9. The molecule has 0 unspecified atom stereocenters. The molecule has 0 spiro atoms. The van der Waals surface area contributed by atoms with Crippen LogP contribution in [0.25, 0.3) is 5.69 Å². The zero-order chi connectivity index (χ0) is 19.1. The van der Waals surface area contributed by atoms with Crippen LogP contribution >= 0.6 is 23.2 Å². The molecule has 27 heavy (non-hydrogen) atoms. The monoisotopic (exact) mass is 402 g/mol. The number of aromatic nitrogens is 3. The summed E-state index contributed by atoms with van der Waals surface area (Å²) in [5.74, 6) is -0.206. The minimum atomic E-state index is -0.210. The van der Waals surface area contributed by atoms with Gasteiger partial charge in [-0.1, -0.05) is 35.3 Å². The Morgan fingerprint density at radius 3 is 2.67 bits per heavy atom. The van der Waals surface area contributed by atoms with Crippen LogP contribution in [0.15, 0.2) is 47.7 Å². The second-order valence-corrected chi connectivity index (χ2v) is 7.21. The van der Waals surface area contributed by atoms with Crippen LogP contribution in [-0.4, -0.2) is 31.5 Å². The van der Waals surface area contributed by atoms with Crippen LogP contribution in [0, 0.1) is 6.92 Å². The third-order valence-electron chi connectivity index (χ3n) is 4.64. The predicted molar refractivity (Wildman–Crippen MR) is 104 cm³/mol. The molecule has 138 valence electrons. The van der Waals surface area contributed by atoms with E-state index in [0.717, 1.165) is 11.3 Å². The number of pyridine rings is 1. The summed E-state index contributed by atoms with van der Waals surface area (Å²) in [4.78, 5) is 31.6. The van der Waals surface area contributed by atoms with E-state index < -0.39 is 0 Å². The third-order valence-corrected chi connectivity index (χ3v) is 5.49. The summed E-state index contributed by atoms with van der Waals surface area (Å²) in [5.41, 5.74) is 2.22. The third kappa shape index (κ3) is 3.15. The second-order valence-electron chi connectivity index (χ2n) is 6.42. The smallest absolute Gasteiger partial charge is 0.275 e. The molecule has 6 nitrogen and oxygen atoms in total.